The van der Waals surface area contributed by atoms with Gasteiger partial charge in [-0.15, -0.1) is 0 Å². The number of amides is 1. The van der Waals surface area contributed by atoms with Gasteiger partial charge in [0.25, 0.3) is 5.91 Å². The summed E-state index contributed by atoms with van der Waals surface area (Å²) >= 11 is 0. The number of hydrazone groups is 1. The molecule has 1 aliphatic heterocycles. The maximum absolute atomic E-state index is 13.6. The molecule has 0 N–H and O–H groups in total. The van der Waals surface area contributed by atoms with Crippen LogP contribution >= 0.6 is 0 Å². The molecule has 254 valence electrons. The van der Waals surface area contributed by atoms with Crippen molar-refractivity contribution in [3.05, 3.63) is 119 Å². The van der Waals surface area contributed by atoms with Crippen molar-refractivity contribution in [2.24, 2.45) is 5.10 Å². The summed E-state index contributed by atoms with van der Waals surface area (Å²) in [5, 5.41) is 23.7. The summed E-state index contributed by atoms with van der Waals surface area (Å²) in [5.74, 6) is -0.865. The summed E-state index contributed by atoms with van der Waals surface area (Å²) in [6.07, 6.45) is 9.19. The van der Waals surface area contributed by atoms with Crippen molar-refractivity contribution in [3.63, 3.8) is 0 Å². The van der Waals surface area contributed by atoms with E-state index in [-0.39, 0.29) is 88.7 Å². The molecule has 3 aromatic carbocycles. The van der Waals surface area contributed by atoms with E-state index >= 15 is 0 Å². The van der Waals surface area contributed by atoms with Gasteiger partial charge in [-0.1, -0.05) is 75.2 Å². The fraction of sp³-hybridized carbons (Fsp3) is 0.171. The van der Waals surface area contributed by atoms with E-state index < -0.39 is 41.8 Å². The molecule has 52 heavy (non-hydrogen) atoms. The zero-order valence-corrected chi connectivity index (χ0v) is 37.1. The molecule has 1 amide bonds. The third-order valence-corrected chi connectivity index (χ3v) is 9.29. The summed E-state index contributed by atoms with van der Waals surface area (Å²) < 4.78 is 69.4. The minimum Gasteiger partial charge on any atom is -0.858 e. The van der Waals surface area contributed by atoms with E-state index in [0.29, 0.717) is 65.2 Å². The molecule has 0 saturated carbocycles. The van der Waals surface area contributed by atoms with Gasteiger partial charge in [-0.25, -0.2) is 21.5 Å². The minimum absolute atomic E-state index is 0. The molecule has 5 rings (SSSR count). The molecule has 0 bridgehead atoms. The molecule has 0 fully saturated rings. The van der Waals surface area contributed by atoms with E-state index in [2.05, 4.69) is 10.2 Å². The van der Waals surface area contributed by atoms with Gasteiger partial charge in [0, 0.05) is 5.56 Å². The molecule has 0 atom stereocenters. The molecule has 0 aliphatic carbocycles. The Labute approximate surface area is 369 Å². The molecule has 0 unspecified atom stereocenters. The summed E-state index contributed by atoms with van der Waals surface area (Å²) in [7, 11) is -9.31. The number of hydrogen-bond donors (Lipinski definition) is 0. The van der Waals surface area contributed by atoms with Crippen LogP contribution in [0.2, 0.25) is 0 Å². The van der Waals surface area contributed by atoms with Crippen molar-refractivity contribution in [2.45, 2.75) is 49.3 Å². The van der Waals surface area contributed by atoms with Crippen LogP contribution in [-0.4, -0.2) is 47.3 Å². The fourth-order valence-corrected chi connectivity index (χ4v) is 6.11. The average molecular weight is 769 g/mol. The largest absolute Gasteiger partial charge is 1.00 e. The second-order valence-corrected chi connectivity index (χ2v) is 13.8. The number of carbonyl (C=O) groups excluding carboxylic acids is 1. The predicted molar refractivity (Wildman–Crippen MR) is 181 cm³/mol. The maximum Gasteiger partial charge on any atom is 1.00 e. The average Bonchev–Trinajstić information content (AvgIpc) is 3.55. The monoisotopic (exact) mass is 768 g/mol. The van der Waals surface area contributed by atoms with E-state index in [1.54, 1.807) is 24.3 Å². The first-order chi connectivity index (χ1) is 23.3. The van der Waals surface area contributed by atoms with Gasteiger partial charge in [0.2, 0.25) is 0 Å². The van der Waals surface area contributed by atoms with Crippen molar-refractivity contribution in [1.82, 2.24) is 9.78 Å². The normalized spacial score (nSPS) is 14.2. The number of aryl methyl sites for hydroxylation is 1. The van der Waals surface area contributed by atoms with Crippen LogP contribution in [-0.2, 0) is 31.5 Å². The van der Waals surface area contributed by atoms with Gasteiger partial charge >= 0.3 is 88.7 Å². The third-order valence-electron chi connectivity index (χ3n) is 7.59. The topological polar surface area (TPSA) is 188 Å². The van der Waals surface area contributed by atoms with Gasteiger partial charge in [0.1, 0.15) is 20.2 Å². The minimum atomic E-state index is -4.66. The number of aromatic nitrogens is 2. The van der Waals surface area contributed by atoms with Crippen molar-refractivity contribution in [1.29, 1.82) is 0 Å². The molecule has 1 aliphatic rings. The Bertz CT molecular complexity index is 2220. The standard InChI is InChI=1S/C35H34N4O8S2.3Na/c1-3-8-32-30(34(40)38(36-32)26-14-18-28(19-15-26)48(42,43)44)22-12-25(24-10-6-5-7-11-24)13-23-31-33(9-4-2)37-39(35(31)41)27-16-20-29(21-17-27)49(45,46)47;;;/h5-7,10-23,40H,3-4,8-9H2,1-2H3,(H,42,43,44)(H,45,46,47);;;/q;3*+1/p-3. The van der Waals surface area contributed by atoms with Gasteiger partial charge < -0.3 is 14.2 Å². The number of carbonyl (C=O) groups is 1. The summed E-state index contributed by atoms with van der Waals surface area (Å²) in [4.78, 5) is 12.8. The van der Waals surface area contributed by atoms with Crippen molar-refractivity contribution < 1.29 is 125 Å². The molecule has 17 heteroatoms. The molecule has 4 aromatic rings. The van der Waals surface area contributed by atoms with Crippen molar-refractivity contribution >= 4 is 49.2 Å². The number of rotatable bonds is 12. The molecule has 1 aromatic heterocycles. The molecule has 12 nitrogen and oxygen atoms in total. The van der Waals surface area contributed by atoms with Crippen LogP contribution in [0.1, 0.15) is 49.9 Å². The summed E-state index contributed by atoms with van der Waals surface area (Å²) in [5.41, 5.74) is 3.79. The first-order valence-corrected chi connectivity index (χ1v) is 18.1. The van der Waals surface area contributed by atoms with Crippen LogP contribution in [0, 0.1) is 0 Å². The Hall–Kier alpha value is -2.15. The van der Waals surface area contributed by atoms with E-state index in [1.165, 1.54) is 24.3 Å². The first-order valence-electron chi connectivity index (χ1n) is 15.3. The van der Waals surface area contributed by atoms with Crippen LogP contribution < -0.4 is 98.8 Å². The molecule has 2 heterocycles. The van der Waals surface area contributed by atoms with E-state index in [0.717, 1.165) is 39.5 Å². The molecular formula is C35H31N4Na3O8S2. The summed E-state index contributed by atoms with van der Waals surface area (Å²) in [6, 6.07) is 19.2. The number of hydrogen-bond acceptors (Lipinski definition) is 10. The van der Waals surface area contributed by atoms with Crippen LogP contribution in [0.25, 0.3) is 17.3 Å². The van der Waals surface area contributed by atoms with Crippen LogP contribution in [0.3, 0.4) is 0 Å². The van der Waals surface area contributed by atoms with E-state index in [9.17, 15) is 35.8 Å². The fourth-order valence-electron chi connectivity index (χ4n) is 5.18. The SMILES string of the molecule is CCCC1=NN(c2ccc(S(=O)(=O)[O-])cc2)C(=O)C1=CC=C(C=Cc1c(CCC)nn(-c2ccc(S(=O)(=O)[O-])cc2)c1[O-])c1ccccc1.[Na+].[Na+].[Na+]. The van der Waals surface area contributed by atoms with Gasteiger partial charge in [-0.05, 0) is 84.5 Å². The van der Waals surface area contributed by atoms with Crippen molar-refractivity contribution in [2.75, 3.05) is 5.01 Å². The van der Waals surface area contributed by atoms with Gasteiger partial charge in [-0.3, -0.25) is 4.79 Å². The maximum atomic E-state index is 13.6. The Morgan fingerprint density at radius 2 is 1.31 bits per heavy atom. The van der Waals surface area contributed by atoms with Crippen LogP contribution in [0.4, 0.5) is 5.69 Å². The predicted octanol–water partition coefficient (Wildman–Crippen LogP) is -4.06. The number of benzene rings is 3. The zero-order valence-electron chi connectivity index (χ0n) is 29.5. The Morgan fingerprint density at radius 1 is 0.769 bits per heavy atom. The Morgan fingerprint density at radius 3 is 1.83 bits per heavy atom. The molecule has 0 spiro atoms. The summed E-state index contributed by atoms with van der Waals surface area (Å²) in [6.45, 7) is 3.90. The van der Waals surface area contributed by atoms with E-state index in [4.69, 9.17) is 0 Å². The van der Waals surface area contributed by atoms with Crippen LogP contribution in [0.5, 0.6) is 5.88 Å². The molecule has 0 radical (unpaired) electrons. The Kier molecular flexibility index (Phi) is 17.7. The van der Waals surface area contributed by atoms with Crippen molar-refractivity contribution in [3.8, 4) is 11.6 Å². The Balaban J connectivity index is 0.00000312. The first kappa shape index (κ1) is 46.0. The van der Waals surface area contributed by atoms with Gasteiger partial charge in [0.05, 0.1) is 38.1 Å². The smallest absolute Gasteiger partial charge is 0.858 e. The zero-order chi connectivity index (χ0) is 35.3. The number of nitrogens with zero attached hydrogens (tertiary/aromatic N) is 4. The third kappa shape index (κ3) is 11.0. The quantitative estimate of drug-likeness (QED) is 0.0599. The molecular weight excluding hydrogens is 738 g/mol. The molecule has 0 saturated heterocycles. The van der Waals surface area contributed by atoms with Crippen LogP contribution in [0.15, 0.2) is 118 Å². The van der Waals surface area contributed by atoms with Gasteiger partial charge in [0.15, 0.2) is 0 Å². The second-order valence-electron chi connectivity index (χ2n) is 11.0. The number of allylic oxidation sites excluding steroid dienone is 4. The van der Waals surface area contributed by atoms with E-state index in [1.807, 2.05) is 44.2 Å². The van der Waals surface area contributed by atoms with Gasteiger partial charge in [-0.2, -0.15) is 15.2 Å². The number of anilines is 1. The second kappa shape index (κ2) is 20.0.